The molecule has 21 heavy (non-hydrogen) atoms. The molecule has 0 spiro atoms. The molecule has 2 heterocycles. The summed E-state index contributed by atoms with van der Waals surface area (Å²) in [5.74, 6) is 7.73. The summed E-state index contributed by atoms with van der Waals surface area (Å²) < 4.78 is 5.36. The van der Waals surface area contributed by atoms with Gasteiger partial charge in [0.1, 0.15) is 0 Å². The summed E-state index contributed by atoms with van der Waals surface area (Å²) in [6, 6.07) is 0. The maximum absolute atomic E-state index is 5.48. The molecule has 1 aromatic heterocycles. The molecule has 0 saturated carbocycles. The van der Waals surface area contributed by atoms with Crippen LogP contribution in [0, 0.1) is 5.92 Å². The Kier molecular flexibility index (Phi) is 5.51. The van der Waals surface area contributed by atoms with Gasteiger partial charge in [0.15, 0.2) is 0 Å². The minimum atomic E-state index is 0.387. The molecule has 8 nitrogen and oxygen atoms in total. The maximum atomic E-state index is 5.48. The van der Waals surface area contributed by atoms with Gasteiger partial charge in [0.2, 0.25) is 17.8 Å². The van der Waals surface area contributed by atoms with Crippen molar-refractivity contribution in [1.29, 1.82) is 0 Å². The lowest BCUT2D eigenvalue weighted by molar-refractivity contribution is 0.122. The van der Waals surface area contributed by atoms with Gasteiger partial charge in [-0.15, -0.1) is 0 Å². The van der Waals surface area contributed by atoms with Gasteiger partial charge in [0, 0.05) is 26.7 Å². The van der Waals surface area contributed by atoms with Crippen molar-refractivity contribution in [2.75, 3.05) is 55.1 Å². The minimum absolute atomic E-state index is 0.387. The summed E-state index contributed by atoms with van der Waals surface area (Å²) in [5, 5.41) is 0. The monoisotopic (exact) mass is 295 g/mol. The summed E-state index contributed by atoms with van der Waals surface area (Å²) in [6.45, 7) is 8.23. The zero-order chi connectivity index (χ0) is 15.2. The predicted octanol–water partition coefficient (Wildman–Crippen LogP) is 0.476. The number of hydrazine groups is 1. The molecule has 1 fully saturated rings. The SMILES string of the molecule is CCC(C)CN(C)c1nc(NN)nc(N2CCOCC2)n1. The zero-order valence-corrected chi connectivity index (χ0v) is 13.0. The number of aromatic nitrogens is 3. The average Bonchev–Trinajstić information content (AvgIpc) is 2.54. The lowest BCUT2D eigenvalue weighted by Crippen LogP contribution is -2.38. The highest BCUT2D eigenvalue weighted by Crippen LogP contribution is 2.17. The number of morpholine rings is 1. The smallest absolute Gasteiger partial charge is 0.243 e. The highest BCUT2D eigenvalue weighted by Gasteiger charge is 2.18. The average molecular weight is 295 g/mol. The molecular weight excluding hydrogens is 270 g/mol. The van der Waals surface area contributed by atoms with E-state index in [9.17, 15) is 0 Å². The topological polar surface area (TPSA) is 92.4 Å². The first kappa shape index (κ1) is 15.7. The second-order valence-electron chi connectivity index (χ2n) is 5.40. The Bertz CT molecular complexity index is 450. The molecule has 0 bridgehead atoms. The molecule has 1 aliphatic rings. The van der Waals surface area contributed by atoms with Crippen LogP contribution in [0.15, 0.2) is 0 Å². The number of nitrogen functional groups attached to an aromatic ring is 1. The van der Waals surface area contributed by atoms with Crippen LogP contribution in [0.25, 0.3) is 0 Å². The van der Waals surface area contributed by atoms with E-state index in [0.717, 1.165) is 26.1 Å². The van der Waals surface area contributed by atoms with Gasteiger partial charge >= 0.3 is 0 Å². The molecule has 1 saturated heterocycles. The minimum Gasteiger partial charge on any atom is -0.378 e. The van der Waals surface area contributed by atoms with E-state index in [0.29, 0.717) is 37.0 Å². The van der Waals surface area contributed by atoms with Crippen molar-refractivity contribution in [1.82, 2.24) is 15.0 Å². The van der Waals surface area contributed by atoms with Crippen LogP contribution in [0.1, 0.15) is 20.3 Å². The number of nitrogens with zero attached hydrogens (tertiary/aromatic N) is 5. The first-order valence-electron chi connectivity index (χ1n) is 7.40. The van der Waals surface area contributed by atoms with Crippen molar-refractivity contribution < 1.29 is 4.74 Å². The van der Waals surface area contributed by atoms with Gasteiger partial charge in [-0.1, -0.05) is 20.3 Å². The van der Waals surface area contributed by atoms with Gasteiger partial charge < -0.3 is 14.5 Å². The van der Waals surface area contributed by atoms with Gasteiger partial charge in [-0.05, 0) is 5.92 Å². The van der Waals surface area contributed by atoms with Crippen molar-refractivity contribution in [2.24, 2.45) is 11.8 Å². The summed E-state index contributed by atoms with van der Waals surface area (Å²) in [6.07, 6.45) is 1.12. The van der Waals surface area contributed by atoms with E-state index in [1.165, 1.54) is 0 Å². The van der Waals surface area contributed by atoms with Crippen molar-refractivity contribution in [3.8, 4) is 0 Å². The standard InChI is InChI=1S/C13H25N7O/c1-4-10(2)9-19(3)12-15-11(18-14)16-13(17-12)20-5-7-21-8-6-20/h10H,4-9,14H2,1-3H3,(H,15,16,17,18). The lowest BCUT2D eigenvalue weighted by atomic mass is 10.1. The Labute approximate surface area is 125 Å². The summed E-state index contributed by atoms with van der Waals surface area (Å²) in [7, 11) is 1.99. The van der Waals surface area contributed by atoms with Crippen LogP contribution in [-0.2, 0) is 4.74 Å². The number of hydrogen-bond acceptors (Lipinski definition) is 8. The van der Waals surface area contributed by atoms with Gasteiger partial charge in [-0.3, -0.25) is 5.43 Å². The molecule has 1 aliphatic heterocycles. The number of nitrogens with one attached hydrogen (secondary N) is 1. The number of anilines is 3. The van der Waals surface area contributed by atoms with E-state index in [-0.39, 0.29) is 0 Å². The third-order valence-electron chi connectivity index (χ3n) is 3.66. The van der Waals surface area contributed by atoms with Crippen LogP contribution in [0.2, 0.25) is 0 Å². The fourth-order valence-corrected chi connectivity index (χ4v) is 2.17. The second-order valence-corrected chi connectivity index (χ2v) is 5.40. The highest BCUT2D eigenvalue weighted by molar-refractivity contribution is 5.44. The van der Waals surface area contributed by atoms with Gasteiger partial charge in [0.05, 0.1) is 13.2 Å². The number of nitrogens with two attached hydrogens (primary N) is 1. The lowest BCUT2D eigenvalue weighted by Gasteiger charge is -2.28. The Balaban J connectivity index is 2.20. The largest absolute Gasteiger partial charge is 0.378 e. The molecule has 2 rings (SSSR count). The molecule has 0 amide bonds. The highest BCUT2D eigenvalue weighted by atomic mass is 16.5. The second kappa shape index (κ2) is 7.37. The van der Waals surface area contributed by atoms with E-state index in [4.69, 9.17) is 10.6 Å². The Morgan fingerprint density at radius 3 is 2.67 bits per heavy atom. The number of hydrogen-bond donors (Lipinski definition) is 2. The third-order valence-corrected chi connectivity index (χ3v) is 3.66. The summed E-state index contributed by atoms with van der Waals surface area (Å²) >= 11 is 0. The van der Waals surface area contributed by atoms with E-state index in [1.54, 1.807) is 0 Å². The van der Waals surface area contributed by atoms with Crippen molar-refractivity contribution in [3.05, 3.63) is 0 Å². The summed E-state index contributed by atoms with van der Waals surface area (Å²) in [4.78, 5) is 17.4. The van der Waals surface area contributed by atoms with Crippen LogP contribution < -0.4 is 21.1 Å². The quantitative estimate of drug-likeness (QED) is 0.578. The molecule has 0 aromatic carbocycles. The number of ether oxygens (including phenoxy) is 1. The first-order valence-corrected chi connectivity index (χ1v) is 7.40. The first-order chi connectivity index (χ1) is 10.1. The maximum Gasteiger partial charge on any atom is 0.243 e. The fourth-order valence-electron chi connectivity index (χ4n) is 2.17. The van der Waals surface area contributed by atoms with Crippen LogP contribution >= 0.6 is 0 Å². The molecule has 118 valence electrons. The summed E-state index contributed by atoms with van der Waals surface area (Å²) in [5.41, 5.74) is 2.52. The Morgan fingerprint density at radius 1 is 1.33 bits per heavy atom. The molecule has 1 aromatic rings. The molecular formula is C13H25N7O. The normalized spacial score (nSPS) is 16.7. The molecule has 1 atom stereocenters. The Hall–Kier alpha value is -1.67. The van der Waals surface area contributed by atoms with E-state index < -0.39 is 0 Å². The van der Waals surface area contributed by atoms with Crippen LogP contribution in [0.3, 0.4) is 0 Å². The van der Waals surface area contributed by atoms with E-state index >= 15 is 0 Å². The molecule has 0 aliphatic carbocycles. The molecule has 3 N–H and O–H groups in total. The third kappa shape index (κ3) is 4.15. The number of rotatable bonds is 6. The van der Waals surface area contributed by atoms with Crippen LogP contribution in [0.4, 0.5) is 17.8 Å². The molecule has 0 radical (unpaired) electrons. The van der Waals surface area contributed by atoms with Crippen molar-refractivity contribution in [2.45, 2.75) is 20.3 Å². The van der Waals surface area contributed by atoms with Crippen LogP contribution in [-0.4, -0.2) is 54.8 Å². The zero-order valence-electron chi connectivity index (χ0n) is 13.0. The predicted molar refractivity (Wildman–Crippen MR) is 83.4 cm³/mol. The van der Waals surface area contributed by atoms with Gasteiger partial charge in [0.25, 0.3) is 0 Å². The van der Waals surface area contributed by atoms with Crippen LogP contribution in [0.5, 0.6) is 0 Å². The van der Waals surface area contributed by atoms with E-state index in [1.807, 2.05) is 11.9 Å². The molecule has 8 heteroatoms. The van der Waals surface area contributed by atoms with Gasteiger partial charge in [-0.2, -0.15) is 15.0 Å². The van der Waals surface area contributed by atoms with Crippen molar-refractivity contribution >= 4 is 17.8 Å². The Morgan fingerprint density at radius 2 is 2.05 bits per heavy atom. The fraction of sp³-hybridized carbons (Fsp3) is 0.769. The molecule has 1 unspecified atom stereocenters. The van der Waals surface area contributed by atoms with Crippen molar-refractivity contribution in [3.63, 3.8) is 0 Å². The van der Waals surface area contributed by atoms with Gasteiger partial charge in [-0.25, -0.2) is 5.84 Å². The van der Waals surface area contributed by atoms with E-state index in [2.05, 4.69) is 39.1 Å².